The Morgan fingerprint density at radius 2 is 1.74 bits per heavy atom. The summed E-state index contributed by atoms with van der Waals surface area (Å²) in [5, 5.41) is 4.70. The molecule has 5 nitrogen and oxygen atoms in total. The first-order chi connectivity index (χ1) is 16.3. The molecule has 2 unspecified atom stereocenters. The second kappa shape index (κ2) is 10.4. The molecule has 1 fully saturated rings. The van der Waals surface area contributed by atoms with E-state index in [0.717, 1.165) is 11.6 Å². The van der Waals surface area contributed by atoms with Crippen LogP contribution in [-0.2, 0) is 16.6 Å². The fourth-order valence-corrected chi connectivity index (χ4v) is 4.65. The lowest BCUT2D eigenvalue weighted by Gasteiger charge is -2.25. The lowest BCUT2D eigenvalue weighted by molar-refractivity contribution is -0.123. The number of carbonyl (C=O) groups is 2. The number of nitrogens with zero attached hydrogens (tertiary/aromatic N) is 1. The van der Waals surface area contributed by atoms with Gasteiger partial charge in [-0.2, -0.15) is 13.2 Å². The van der Waals surface area contributed by atoms with Crippen LogP contribution in [0.15, 0.2) is 48.5 Å². The van der Waals surface area contributed by atoms with Gasteiger partial charge in [-0.1, -0.05) is 50.2 Å². The normalized spacial score (nSPS) is 22.5. The van der Waals surface area contributed by atoms with Gasteiger partial charge in [-0.3, -0.25) is 9.59 Å². The summed E-state index contributed by atoms with van der Waals surface area (Å²) in [6, 6.07) is 13.6. The molecule has 9 heteroatoms. The number of alkyl halides is 3. The van der Waals surface area contributed by atoms with Crippen molar-refractivity contribution >= 4 is 11.8 Å². The zero-order valence-electron chi connectivity index (χ0n) is 20.2. The minimum Gasteiger partial charge on any atom is -0.354 e. The average molecular weight is 494 g/mol. The van der Waals surface area contributed by atoms with Gasteiger partial charge in [-0.15, -0.1) is 0 Å². The van der Waals surface area contributed by atoms with E-state index in [4.69, 9.17) is 0 Å². The highest BCUT2D eigenvalue weighted by atomic mass is 19.4. The molecule has 2 aromatic carbocycles. The van der Waals surface area contributed by atoms with Crippen LogP contribution in [-0.4, -0.2) is 56.1 Å². The van der Waals surface area contributed by atoms with E-state index in [9.17, 15) is 27.2 Å². The van der Waals surface area contributed by atoms with Gasteiger partial charge >= 0.3 is 6.18 Å². The smallest absolute Gasteiger partial charge is 0.354 e. The maximum Gasteiger partial charge on any atom is 0.405 e. The molecule has 2 N–H and O–H groups in total. The third-order valence-corrected chi connectivity index (χ3v) is 7.10. The number of likely N-dealkylation sites (N-methyl/N-ethyl adjacent to an activating group) is 1. The van der Waals surface area contributed by atoms with E-state index >= 15 is 0 Å². The Labute approximate surface area is 202 Å². The number of halogens is 4. The van der Waals surface area contributed by atoms with Gasteiger partial charge < -0.3 is 15.5 Å². The molecular formula is C26H31F4N3O2. The van der Waals surface area contributed by atoms with Crippen LogP contribution in [0, 0.1) is 17.7 Å². The SMILES string of the molecule is CC1C(C(=O)NC[C@H](Cc2ccc(C(=O)NCC(F)(F)F)c(F)c2)N(C)C)[C@@]1(C)c1ccccc1. The molecule has 0 heterocycles. The molecule has 0 aromatic heterocycles. The van der Waals surface area contributed by atoms with Crippen LogP contribution in [0.25, 0.3) is 0 Å². The van der Waals surface area contributed by atoms with Gasteiger partial charge in [0.05, 0.1) is 11.5 Å². The fourth-order valence-electron chi connectivity index (χ4n) is 4.65. The summed E-state index contributed by atoms with van der Waals surface area (Å²) >= 11 is 0. The van der Waals surface area contributed by atoms with Gasteiger partial charge in [0.25, 0.3) is 5.91 Å². The van der Waals surface area contributed by atoms with Gasteiger partial charge in [0.2, 0.25) is 5.91 Å². The maximum absolute atomic E-state index is 14.5. The van der Waals surface area contributed by atoms with E-state index in [1.807, 2.05) is 49.3 Å². The number of rotatable bonds is 9. The summed E-state index contributed by atoms with van der Waals surface area (Å²) in [5.74, 6) is -1.98. The van der Waals surface area contributed by atoms with Gasteiger partial charge in [0.15, 0.2) is 0 Å². The first kappa shape index (κ1) is 26.7. The van der Waals surface area contributed by atoms with Crippen molar-refractivity contribution in [3.05, 3.63) is 71.0 Å². The minimum absolute atomic E-state index is 0.0291. The van der Waals surface area contributed by atoms with Gasteiger partial charge in [-0.25, -0.2) is 4.39 Å². The van der Waals surface area contributed by atoms with Crippen LogP contribution >= 0.6 is 0 Å². The van der Waals surface area contributed by atoms with Gasteiger partial charge in [0.1, 0.15) is 12.4 Å². The zero-order chi connectivity index (χ0) is 26.0. The van der Waals surface area contributed by atoms with Crippen molar-refractivity contribution < 1.29 is 27.2 Å². The first-order valence-corrected chi connectivity index (χ1v) is 11.5. The first-order valence-electron chi connectivity index (χ1n) is 11.5. The summed E-state index contributed by atoms with van der Waals surface area (Å²) < 4.78 is 51.4. The number of amides is 2. The third-order valence-electron chi connectivity index (χ3n) is 7.10. The Balaban J connectivity index is 1.60. The predicted molar refractivity (Wildman–Crippen MR) is 125 cm³/mol. The maximum atomic E-state index is 14.5. The molecule has 0 radical (unpaired) electrons. The van der Waals surface area contributed by atoms with Crippen molar-refractivity contribution in [2.45, 2.75) is 37.9 Å². The molecule has 1 aliphatic carbocycles. The molecule has 1 saturated carbocycles. The Bertz CT molecular complexity index is 1060. The average Bonchev–Trinajstić information content (AvgIpc) is 3.36. The molecular weight excluding hydrogens is 462 g/mol. The lowest BCUT2D eigenvalue weighted by Crippen LogP contribution is -2.42. The molecule has 0 spiro atoms. The standard InChI is InChI=1S/C26H31F4N3O2/c1-16-22(25(16,2)18-8-6-5-7-9-18)24(35)31-14-19(33(3)4)12-17-10-11-20(21(27)13-17)23(34)32-15-26(28,29)30/h5-11,13,16,19,22H,12,14-15H2,1-4H3,(H,31,35)(H,32,34)/t16?,19-,22?,25+/m0/s1. The fraction of sp³-hybridized carbons (Fsp3) is 0.462. The highest BCUT2D eigenvalue weighted by molar-refractivity contribution is 5.94. The number of nitrogens with one attached hydrogen (secondary N) is 2. The van der Waals surface area contributed by atoms with E-state index in [2.05, 4.69) is 19.2 Å². The van der Waals surface area contributed by atoms with Crippen molar-refractivity contribution in [1.82, 2.24) is 15.5 Å². The molecule has 2 amide bonds. The van der Waals surface area contributed by atoms with Crippen LogP contribution in [0.5, 0.6) is 0 Å². The Morgan fingerprint density at radius 3 is 2.31 bits per heavy atom. The quantitative estimate of drug-likeness (QED) is 0.521. The summed E-state index contributed by atoms with van der Waals surface area (Å²) in [5.41, 5.74) is 1.03. The van der Waals surface area contributed by atoms with E-state index < -0.39 is 30.0 Å². The Hall–Kier alpha value is -2.94. The van der Waals surface area contributed by atoms with Crippen molar-refractivity contribution in [2.24, 2.45) is 11.8 Å². The minimum atomic E-state index is -4.58. The van der Waals surface area contributed by atoms with E-state index in [-0.39, 0.29) is 29.2 Å². The van der Waals surface area contributed by atoms with E-state index in [1.54, 1.807) is 5.32 Å². The molecule has 1 aliphatic rings. The molecule has 0 bridgehead atoms. The third kappa shape index (κ3) is 6.20. The monoisotopic (exact) mass is 493 g/mol. The van der Waals surface area contributed by atoms with Crippen LogP contribution in [0.3, 0.4) is 0 Å². The number of benzene rings is 2. The summed E-state index contributed by atoms with van der Waals surface area (Å²) in [4.78, 5) is 26.8. The number of hydrogen-bond donors (Lipinski definition) is 2. The molecule has 0 aliphatic heterocycles. The van der Waals surface area contributed by atoms with Crippen LogP contribution < -0.4 is 10.6 Å². The summed E-state index contributed by atoms with van der Waals surface area (Å²) in [6.45, 7) is 2.97. The molecule has 3 rings (SSSR count). The largest absolute Gasteiger partial charge is 0.405 e. The van der Waals surface area contributed by atoms with Crippen LogP contribution in [0.2, 0.25) is 0 Å². The molecule has 190 valence electrons. The second-order valence-corrected chi connectivity index (χ2v) is 9.59. The van der Waals surface area contributed by atoms with Gasteiger partial charge in [-0.05, 0) is 49.7 Å². The summed E-state index contributed by atoms with van der Waals surface area (Å²) in [7, 11) is 3.69. The predicted octanol–water partition coefficient (Wildman–Crippen LogP) is 3.93. The van der Waals surface area contributed by atoms with Crippen molar-refractivity contribution in [3.63, 3.8) is 0 Å². The zero-order valence-corrected chi connectivity index (χ0v) is 20.2. The molecule has 0 saturated heterocycles. The van der Waals surface area contributed by atoms with Crippen LogP contribution in [0.1, 0.15) is 35.3 Å². The van der Waals surface area contributed by atoms with Crippen molar-refractivity contribution in [2.75, 3.05) is 27.2 Å². The van der Waals surface area contributed by atoms with E-state index in [1.165, 1.54) is 12.1 Å². The Morgan fingerprint density at radius 1 is 1.09 bits per heavy atom. The highest BCUT2D eigenvalue weighted by Gasteiger charge is 2.62. The van der Waals surface area contributed by atoms with E-state index in [0.29, 0.717) is 18.5 Å². The van der Waals surface area contributed by atoms with Gasteiger partial charge in [0, 0.05) is 18.0 Å². The molecule has 2 aromatic rings. The number of carbonyl (C=O) groups excluding carboxylic acids is 2. The highest BCUT2D eigenvalue weighted by Crippen LogP contribution is 2.59. The molecule has 4 atom stereocenters. The molecule has 35 heavy (non-hydrogen) atoms. The lowest BCUT2D eigenvalue weighted by atomic mass is 9.94. The second-order valence-electron chi connectivity index (χ2n) is 9.59. The topological polar surface area (TPSA) is 61.4 Å². The van der Waals surface area contributed by atoms with Crippen LogP contribution in [0.4, 0.5) is 17.6 Å². The Kier molecular flexibility index (Phi) is 7.89. The van der Waals surface area contributed by atoms with Crippen molar-refractivity contribution in [3.8, 4) is 0 Å². The van der Waals surface area contributed by atoms with Crippen molar-refractivity contribution in [1.29, 1.82) is 0 Å². The summed E-state index contributed by atoms with van der Waals surface area (Å²) in [6.07, 6.45) is -4.20. The number of hydrogen-bond acceptors (Lipinski definition) is 3.